The van der Waals surface area contributed by atoms with Crippen molar-refractivity contribution in [3.8, 4) is 5.75 Å². The number of rotatable bonds is 5. The quantitative estimate of drug-likeness (QED) is 0.877. The highest BCUT2D eigenvalue weighted by molar-refractivity contribution is 7.94. The van der Waals surface area contributed by atoms with Crippen LogP contribution in [0.1, 0.15) is 10.4 Å². The molecule has 2 aromatic rings. The van der Waals surface area contributed by atoms with Crippen molar-refractivity contribution >= 4 is 33.0 Å². The Hall–Kier alpha value is -2.13. The van der Waals surface area contributed by atoms with Gasteiger partial charge < -0.3 is 9.84 Å². The fraction of sp³-hybridized carbons (Fsp3) is 0.0833. The lowest BCUT2D eigenvalue weighted by atomic mass is 10.3. The standard InChI is InChI=1S/C12H10FNO5S2/c1-19-10-3-2-8(5-9(10)13)14-21(17,18)11-4-7(6-20-11)12(15)16/h2-6,14H,1H3,(H,15,16). The third-order valence-corrected chi connectivity index (χ3v) is 5.31. The highest BCUT2D eigenvalue weighted by atomic mass is 32.2. The van der Waals surface area contributed by atoms with Crippen LogP contribution < -0.4 is 9.46 Å². The largest absolute Gasteiger partial charge is 0.494 e. The Labute approximate surface area is 123 Å². The molecule has 112 valence electrons. The molecule has 9 heteroatoms. The maximum Gasteiger partial charge on any atom is 0.336 e. The average molecular weight is 331 g/mol. The zero-order valence-electron chi connectivity index (χ0n) is 10.7. The molecule has 0 saturated carbocycles. The van der Waals surface area contributed by atoms with Crippen molar-refractivity contribution in [2.24, 2.45) is 0 Å². The Morgan fingerprint density at radius 1 is 1.38 bits per heavy atom. The summed E-state index contributed by atoms with van der Waals surface area (Å²) >= 11 is 0.766. The zero-order chi connectivity index (χ0) is 15.6. The van der Waals surface area contributed by atoms with Gasteiger partial charge in [0.05, 0.1) is 18.4 Å². The van der Waals surface area contributed by atoms with Gasteiger partial charge in [0.2, 0.25) is 0 Å². The van der Waals surface area contributed by atoms with E-state index in [2.05, 4.69) is 4.72 Å². The monoisotopic (exact) mass is 331 g/mol. The van der Waals surface area contributed by atoms with Gasteiger partial charge in [-0.25, -0.2) is 17.6 Å². The first kappa shape index (κ1) is 15.3. The van der Waals surface area contributed by atoms with Gasteiger partial charge in [0, 0.05) is 11.4 Å². The third kappa shape index (κ3) is 3.31. The number of carboxylic acid groups (broad SMARTS) is 1. The lowest BCUT2D eigenvalue weighted by molar-refractivity contribution is 0.0697. The van der Waals surface area contributed by atoms with Crippen LogP contribution in [0.15, 0.2) is 33.9 Å². The first-order chi connectivity index (χ1) is 9.83. The Morgan fingerprint density at radius 3 is 2.62 bits per heavy atom. The number of ether oxygens (including phenoxy) is 1. The van der Waals surface area contributed by atoms with E-state index in [0.29, 0.717) is 0 Å². The number of methoxy groups -OCH3 is 1. The van der Waals surface area contributed by atoms with Gasteiger partial charge in [-0.1, -0.05) is 0 Å². The number of nitrogens with one attached hydrogen (secondary N) is 1. The van der Waals surface area contributed by atoms with Crippen molar-refractivity contribution < 1.29 is 27.4 Å². The molecule has 1 aromatic heterocycles. The maximum atomic E-state index is 13.5. The summed E-state index contributed by atoms with van der Waals surface area (Å²) in [5.41, 5.74) is -0.111. The third-order valence-electron chi connectivity index (χ3n) is 2.49. The summed E-state index contributed by atoms with van der Waals surface area (Å²) < 4.78 is 44.3. The molecule has 0 unspecified atom stereocenters. The molecule has 0 aliphatic rings. The molecular weight excluding hydrogens is 321 g/mol. The fourth-order valence-corrected chi connectivity index (χ4v) is 3.71. The van der Waals surface area contributed by atoms with E-state index >= 15 is 0 Å². The summed E-state index contributed by atoms with van der Waals surface area (Å²) in [6.45, 7) is 0. The Kier molecular flexibility index (Phi) is 4.14. The van der Waals surface area contributed by atoms with Gasteiger partial charge in [0.25, 0.3) is 10.0 Å². The summed E-state index contributed by atoms with van der Waals surface area (Å²) in [4.78, 5) is 10.7. The Bertz CT molecular complexity index is 785. The molecule has 21 heavy (non-hydrogen) atoms. The second-order valence-electron chi connectivity index (χ2n) is 3.91. The smallest absolute Gasteiger partial charge is 0.336 e. The molecular formula is C12H10FNO5S2. The van der Waals surface area contributed by atoms with E-state index in [1.165, 1.54) is 24.6 Å². The van der Waals surface area contributed by atoms with Gasteiger partial charge in [-0.05, 0) is 18.2 Å². The number of benzene rings is 1. The van der Waals surface area contributed by atoms with E-state index in [0.717, 1.165) is 23.5 Å². The summed E-state index contributed by atoms with van der Waals surface area (Å²) in [5, 5.41) is 9.99. The lowest BCUT2D eigenvalue weighted by Crippen LogP contribution is -2.11. The minimum absolute atomic E-state index is 0.0118. The predicted octanol–water partition coefficient (Wildman–Crippen LogP) is 2.39. The van der Waals surface area contributed by atoms with E-state index in [1.807, 2.05) is 0 Å². The maximum absolute atomic E-state index is 13.5. The topological polar surface area (TPSA) is 92.7 Å². The molecule has 0 bridgehead atoms. The van der Waals surface area contributed by atoms with Crippen LogP contribution in [-0.2, 0) is 10.0 Å². The molecule has 6 nitrogen and oxygen atoms in total. The van der Waals surface area contributed by atoms with Crippen LogP contribution in [0.2, 0.25) is 0 Å². The van der Waals surface area contributed by atoms with Gasteiger partial charge in [-0.2, -0.15) is 0 Å². The van der Waals surface area contributed by atoms with Crippen molar-refractivity contribution in [2.45, 2.75) is 4.21 Å². The fourth-order valence-electron chi connectivity index (χ4n) is 1.50. The van der Waals surface area contributed by atoms with E-state index in [9.17, 15) is 17.6 Å². The summed E-state index contributed by atoms with van der Waals surface area (Å²) in [5.74, 6) is -1.94. The highest BCUT2D eigenvalue weighted by Gasteiger charge is 2.19. The second-order valence-corrected chi connectivity index (χ2v) is 6.73. The number of carbonyl (C=O) groups is 1. The SMILES string of the molecule is COc1ccc(NS(=O)(=O)c2cc(C(=O)O)cs2)cc1F. The normalized spacial score (nSPS) is 11.1. The molecule has 2 rings (SSSR count). The van der Waals surface area contributed by atoms with E-state index in [4.69, 9.17) is 9.84 Å². The Balaban J connectivity index is 2.28. The first-order valence-electron chi connectivity index (χ1n) is 5.51. The number of hydrogen-bond acceptors (Lipinski definition) is 5. The summed E-state index contributed by atoms with van der Waals surface area (Å²) in [6, 6.07) is 4.63. The van der Waals surface area contributed by atoms with Gasteiger partial charge in [-0.3, -0.25) is 4.72 Å². The van der Waals surface area contributed by atoms with Gasteiger partial charge >= 0.3 is 5.97 Å². The first-order valence-corrected chi connectivity index (χ1v) is 7.88. The Morgan fingerprint density at radius 2 is 2.10 bits per heavy atom. The minimum Gasteiger partial charge on any atom is -0.494 e. The summed E-state index contributed by atoms with van der Waals surface area (Å²) in [6.07, 6.45) is 0. The zero-order valence-corrected chi connectivity index (χ0v) is 12.3. The minimum atomic E-state index is -3.96. The number of anilines is 1. The molecule has 0 aliphatic heterocycles. The highest BCUT2D eigenvalue weighted by Crippen LogP contribution is 2.25. The molecule has 1 heterocycles. The molecule has 0 amide bonds. The van der Waals surface area contributed by atoms with Crippen LogP contribution in [0.4, 0.5) is 10.1 Å². The van der Waals surface area contributed by atoms with Crippen molar-refractivity contribution in [3.05, 3.63) is 41.0 Å². The van der Waals surface area contributed by atoms with Crippen molar-refractivity contribution in [2.75, 3.05) is 11.8 Å². The molecule has 0 saturated heterocycles. The van der Waals surface area contributed by atoms with E-state index in [1.54, 1.807) is 0 Å². The molecule has 2 N–H and O–H groups in total. The number of thiophene rings is 1. The van der Waals surface area contributed by atoms with Crippen molar-refractivity contribution in [1.29, 1.82) is 0 Å². The van der Waals surface area contributed by atoms with Crippen LogP contribution in [-0.4, -0.2) is 26.6 Å². The number of hydrogen-bond donors (Lipinski definition) is 2. The number of aromatic carboxylic acids is 1. The van der Waals surface area contributed by atoms with Gasteiger partial charge in [0.1, 0.15) is 4.21 Å². The molecule has 0 atom stereocenters. The number of sulfonamides is 1. The van der Waals surface area contributed by atoms with Crippen LogP contribution in [0.25, 0.3) is 0 Å². The van der Waals surface area contributed by atoms with Crippen molar-refractivity contribution in [3.63, 3.8) is 0 Å². The molecule has 0 spiro atoms. The van der Waals surface area contributed by atoms with Crippen LogP contribution in [0, 0.1) is 5.82 Å². The molecule has 0 radical (unpaired) electrons. The molecule has 0 fully saturated rings. The van der Waals surface area contributed by atoms with E-state index in [-0.39, 0.29) is 21.2 Å². The predicted molar refractivity (Wildman–Crippen MR) is 75.0 cm³/mol. The van der Waals surface area contributed by atoms with Gasteiger partial charge in [-0.15, -0.1) is 11.3 Å². The summed E-state index contributed by atoms with van der Waals surface area (Å²) in [7, 11) is -2.67. The van der Waals surface area contributed by atoms with Gasteiger partial charge in [0.15, 0.2) is 11.6 Å². The van der Waals surface area contributed by atoms with Crippen LogP contribution in [0.5, 0.6) is 5.75 Å². The number of carboxylic acids is 1. The van der Waals surface area contributed by atoms with Crippen molar-refractivity contribution in [1.82, 2.24) is 0 Å². The molecule has 0 aliphatic carbocycles. The van der Waals surface area contributed by atoms with E-state index < -0.39 is 21.8 Å². The molecule has 1 aromatic carbocycles. The number of halogens is 1. The second kappa shape index (κ2) is 5.70. The van der Waals surface area contributed by atoms with Crippen LogP contribution in [0.3, 0.4) is 0 Å². The lowest BCUT2D eigenvalue weighted by Gasteiger charge is -2.08. The average Bonchev–Trinajstić information content (AvgIpc) is 2.89. The van der Waals surface area contributed by atoms with Crippen LogP contribution >= 0.6 is 11.3 Å².